The number of sulfonamides is 1. The zero-order valence-corrected chi connectivity index (χ0v) is 15.7. The zero-order valence-electron chi connectivity index (χ0n) is 14.1. The number of rotatable bonds is 6. The van der Waals surface area contributed by atoms with E-state index in [4.69, 9.17) is 4.42 Å². The Hall–Kier alpha value is -1.09. The minimum Gasteiger partial charge on any atom is -0.431 e. The molecule has 0 bridgehead atoms. The van der Waals surface area contributed by atoms with Crippen molar-refractivity contribution < 1.29 is 12.8 Å². The molecule has 1 saturated heterocycles. The van der Waals surface area contributed by atoms with Gasteiger partial charge in [0.15, 0.2) is 5.58 Å². The van der Waals surface area contributed by atoms with Crippen molar-refractivity contribution in [2.24, 2.45) is 0 Å². The Bertz CT molecular complexity index is 796. The second-order valence-corrected chi connectivity index (χ2v) is 9.35. The SMILES string of the molecule is CN(C)S(=O)(=O)c1ccc2oc(SCCN3CCCCC3)nc2c1. The number of likely N-dealkylation sites (tertiary alicyclic amines) is 1. The van der Waals surface area contributed by atoms with Crippen LogP contribution in [0.4, 0.5) is 0 Å². The standard InChI is InChI=1S/C16H23N3O3S2/c1-18(2)24(20,21)13-6-7-15-14(12-13)17-16(22-15)23-11-10-19-8-4-3-5-9-19/h6-7,12H,3-5,8-11H2,1-2H3. The number of piperidine rings is 1. The van der Waals surface area contributed by atoms with Gasteiger partial charge in [-0.05, 0) is 44.1 Å². The van der Waals surface area contributed by atoms with Crippen molar-refractivity contribution >= 4 is 32.9 Å². The van der Waals surface area contributed by atoms with Gasteiger partial charge in [-0.2, -0.15) is 0 Å². The zero-order chi connectivity index (χ0) is 17.2. The van der Waals surface area contributed by atoms with Gasteiger partial charge in [-0.3, -0.25) is 0 Å². The Morgan fingerprint density at radius 1 is 1.25 bits per heavy atom. The predicted molar refractivity (Wildman–Crippen MR) is 95.9 cm³/mol. The van der Waals surface area contributed by atoms with Crippen molar-refractivity contribution in [1.82, 2.24) is 14.2 Å². The van der Waals surface area contributed by atoms with Crippen molar-refractivity contribution in [2.75, 3.05) is 39.5 Å². The molecule has 0 saturated carbocycles. The maximum atomic E-state index is 12.2. The van der Waals surface area contributed by atoms with Crippen LogP contribution in [0.2, 0.25) is 0 Å². The highest BCUT2D eigenvalue weighted by molar-refractivity contribution is 7.99. The predicted octanol–water partition coefficient (Wildman–Crippen LogP) is 2.66. The van der Waals surface area contributed by atoms with E-state index in [0.717, 1.165) is 12.3 Å². The highest BCUT2D eigenvalue weighted by Crippen LogP contribution is 2.26. The Kier molecular flexibility index (Phi) is 5.49. The Balaban J connectivity index is 1.67. The van der Waals surface area contributed by atoms with Gasteiger partial charge in [0.25, 0.3) is 5.22 Å². The molecule has 0 atom stereocenters. The number of oxazole rings is 1. The quantitative estimate of drug-likeness (QED) is 0.729. The minimum absolute atomic E-state index is 0.234. The Morgan fingerprint density at radius 3 is 2.71 bits per heavy atom. The maximum Gasteiger partial charge on any atom is 0.256 e. The average Bonchev–Trinajstić information content (AvgIpc) is 2.97. The Morgan fingerprint density at radius 2 is 2.00 bits per heavy atom. The first kappa shape index (κ1) is 17.7. The number of hydrogen-bond acceptors (Lipinski definition) is 6. The summed E-state index contributed by atoms with van der Waals surface area (Å²) < 4.78 is 31.3. The summed E-state index contributed by atoms with van der Waals surface area (Å²) in [5.74, 6) is 0.926. The van der Waals surface area contributed by atoms with Crippen molar-refractivity contribution in [3.63, 3.8) is 0 Å². The molecule has 1 aliphatic heterocycles. The summed E-state index contributed by atoms with van der Waals surface area (Å²) in [5, 5.41) is 0.599. The molecule has 0 spiro atoms. The highest BCUT2D eigenvalue weighted by Gasteiger charge is 2.19. The highest BCUT2D eigenvalue weighted by atomic mass is 32.2. The van der Waals surface area contributed by atoms with Gasteiger partial charge >= 0.3 is 0 Å². The Labute approximate surface area is 147 Å². The largest absolute Gasteiger partial charge is 0.431 e. The van der Waals surface area contributed by atoms with Crippen LogP contribution in [0.25, 0.3) is 11.1 Å². The van der Waals surface area contributed by atoms with Gasteiger partial charge in [0.05, 0.1) is 4.90 Å². The third kappa shape index (κ3) is 3.93. The summed E-state index contributed by atoms with van der Waals surface area (Å²) in [7, 11) is -0.416. The van der Waals surface area contributed by atoms with Gasteiger partial charge in [-0.25, -0.2) is 17.7 Å². The number of nitrogens with zero attached hydrogens (tertiary/aromatic N) is 3. The summed E-state index contributed by atoms with van der Waals surface area (Å²) in [6, 6.07) is 4.81. The molecule has 8 heteroatoms. The molecule has 0 aliphatic carbocycles. The second kappa shape index (κ2) is 7.43. The van der Waals surface area contributed by atoms with E-state index >= 15 is 0 Å². The third-order valence-corrected chi connectivity index (χ3v) is 6.82. The van der Waals surface area contributed by atoms with E-state index < -0.39 is 10.0 Å². The maximum absolute atomic E-state index is 12.2. The van der Waals surface area contributed by atoms with Crippen LogP contribution in [0, 0.1) is 0 Å². The first-order chi connectivity index (χ1) is 11.5. The van der Waals surface area contributed by atoms with Crippen molar-refractivity contribution in [2.45, 2.75) is 29.4 Å². The number of aromatic nitrogens is 1. The summed E-state index contributed by atoms with van der Waals surface area (Å²) in [4.78, 5) is 7.13. The van der Waals surface area contributed by atoms with Crippen LogP contribution in [0.15, 0.2) is 32.7 Å². The lowest BCUT2D eigenvalue weighted by Gasteiger charge is -2.25. The molecule has 0 unspecified atom stereocenters. The fourth-order valence-electron chi connectivity index (χ4n) is 2.76. The van der Waals surface area contributed by atoms with E-state index in [0.29, 0.717) is 16.3 Å². The van der Waals surface area contributed by atoms with Crippen molar-refractivity contribution in [1.29, 1.82) is 0 Å². The minimum atomic E-state index is -3.45. The fourth-order valence-corrected chi connectivity index (χ4v) is 4.52. The lowest BCUT2D eigenvalue weighted by Crippen LogP contribution is -2.31. The van der Waals surface area contributed by atoms with Crippen LogP contribution in [0.3, 0.4) is 0 Å². The van der Waals surface area contributed by atoms with Gasteiger partial charge in [0, 0.05) is 26.4 Å². The molecule has 3 rings (SSSR count). The van der Waals surface area contributed by atoms with Crippen LogP contribution < -0.4 is 0 Å². The summed E-state index contributed by atoms with van der Waals surface area (Å²) in [6.07, 6.45) is 3.92. The number of hydrogen-bond donors (Lipinski definition) is 0. The lowest BCUT2D eigenvalue weighted by atomic mass is 10.1. The molecule has 0 amide bonds. The van der Waals surface area contributed by atoms with E-state index in [1.54, 1.807) is 30.0 Å². The van der Waals surface area contributed by atoms with E-state index in [-0.39, 0.29) is 4.90 Å². The molecule has 6 nitrogen and oxygen atoms in total. The molecule has 2 heterocycles. The molecule has 1 aliphatic rings. The van der Waals surface area contributed by atoms with Gasteiger partial charge in [-0.1, -0.05) is 18.2 Å². The van der Waals surface area contributed by atoms with Gasteiger partial charge in [0.1, 0.15) is 5.52 Å². The van der Waals surface area contributed by atoms with E-state index in [9.17, 15) is 8.42 Å². The van der Waals surface area contributed by atoms with E-state index in [1.807, 2.05) is 0 Å². The number of benzene rings is 1. The molecule has 2 aromatic rings. The van der Waals surface area contributed by atoms with Crippen LogP contribution in [0.1, 0.15) is 19.3 Å². The van der Waals surface area contributed by atoms with Crippen molar-refractivity contribution in [3.05, 3.63) is 18.2 Å². The average molecular weight is 370 g/mol. The summed E-state index contributed by atoms with van der Waals surface area (Å²) in [5.41, 5.74) is 1.20. The molecule has 1 aromatic heterocycles. The molecule has 0 radical (unpaired) electrons. The van der Waals surface area contributed by atoms with E-state index in [1.165, 1.54) is 50.8 Å². The molecule has 132 valence electrons. The fraction of sp³-hybridized carbons (Fsp3) is 0.562. The molecular weight excluding hydrogens is 346 g/mol. The molecule has 24 heavy (non-hydrogen) atoms. The molecule has 1 aromatic carbocycles. The van der Waals surface area contributed by atoms with E-state index in [2.05, 4.69) is 9.88 Å². The summed E-state index contributed by atoms with van der Waals surface area (Å²) >= 11 is 1.58. The number of fused-ring (bicyclic) bond motifs is 1. The third-order valence-electron chi connectivity index (χ3n) is 4.20. The van der Waals surface area contributed by atoms with Crippen LogP contribution in [-0.4, -0.2) is 62.1 Å². The second-order valence-electron chi connectivity index (χ2n) is 6.15. The normalized spacial score (nSPS) is 17.0. The van der Waals surface area contributed by atoms with Crippen LogP contribution in [-0.2, 0) is 10.0 Å². The van der Waals surface area contributed by atoms with Crippen LogP contribution >= 0.6 is 11.8 Å². The summed E-state index contributed by atoms with van der Waals surface area (Å²) in [6.45, 7) is 3.39. The van der Waals surface area contributed by atoms with Gasteiger partial charge in [0.2, 0.25) is 10.0 Å². The first-order valence-electron chi connectivity index (χ1n) is 8.15. The molecule has 1 fully saturated rings. The van der Waals surface area contributed by atoms with Crippen molar-refractivity contribution in [3.8, 4) is 0 Å². The van der Waals surface area contributed by atoms with Crippen LogP contribution in [0.5, 0.6) is 0 Å². The first-order valence-corrected chi connectivity index (χ1v) is 10.6. The molecule has 0 N–H and O–H groups in total. The lowest BCUT2D eigenvalue weighted by molar-refractivity contribution is 0.242. The smallest absolute Gasteiger partial charge is 0.256 e. The van der Waals surface area contributed by atoms with Gasteiger partial charge in [-0.15, -0.1) is 0 Å². The number of thioether (sulfide) groups is 1. The topological polar surface area (TPSA) is 66.7 Å². The van der Waals surface area contributed by atoms with Gasteiger partial charge < -0.3 is 9.32 Å². The molecular formula is C16H23N3O3S2. The monoisotopic (exact) mass is 369 g/mol.